The fraction of sp³-hybridized carbons (Fsp3) is 0.462. The van der Waals surface area contributed by atoms with E-state index in [1.165, 1.54) is 6.92 Å². The summed E-state index contributed by atoms with van der Waals surface area (Å²) in [6.45, 7) is 7.13. The van der Waals surface area contributed by atoms with Crippen molar-refractivity contribution < 1.29 is 9.59 Å². The Morgan fingerprint density at radius 1 is 1.31 bits per heavy atom. The maximum atomic E-state index is 14.0. The number of anilines is 1. The summed E-state index contributed by atoms with van der Waals surface area (Å²) in [5, 5.41) is 7.73. The maximum absolute atomic E-state index is 14.0. The Balaban J connectivity index is 0.00000304. The summed E-state index contributed by atoms with van der Waals surface area (Å²) in [5.74, 6) is 0.567. The SMILES string of the molecule is CC(=O)NC1(C(=O)N(C)[C@@H](C)c2cc3nc(N4CC[C@H](N)C4)c(C)cn3n2)CCc2ccccc21.Cl. The summed E-state index contributed by atoms with van der Waals surface area (Å²) in [6.07, 6.45) is 4.21. The number of benzene rings is 1. The lowest BCUT2D eigenvalue weighted by molar-refractivity contribution is -0.142. The van der Waals surface area contributed by atoms with Crippen molar-refractivity contribution in [3.05, 3.63) is 58.9 Å². The van der Waals surface area contributed by atoms with Crippen molar-refractivity contribution in [1.29, 1.82) is 0 Å². The Labute approximate surface area is 217 Å². The second-order valence-electron chi connectivity index (χ2n) is 9.95. The van der Waals surface area contributed by atoms with E-state index in [1.807, 2.05) is 50.4 Å². The molecule has 36 heavy (non-hydrogen) atoms. The summed E-state index contributed by atoms with van der Waals surface area (Å²) in [7, 11) is 1.78. The highest BCUT2D eigenvalue weighted by atomic mass is 35.5. The molecule has 1 saturated heterocycles. The quantitative estimate of drug-likeness (QED) is 0.544. The number of hydrogen-bond donors (Lipinski definition) is 2. The van der Waals surface area contributed by atoms with Gasteiger partial charge in [0, 0.05) is 50.9 Å². The zero-order valence-corrected chi connectivity index (χ0v) is 22.0. The van der Waals surface area contributed by atoms with Gasteiger partial charge in [-0.05, 0) is 44.2 Å². The second kappa shape index (κ2) is 9.71. The molecular weight excluding hydrogens is 478 g/mol. The predicted octanol–water partition coefficient (Wildman–Crippen LogP) is 2.49. The first-order valence-corrected chi connectivity index (χ1v) is 12.2. The van der Waals surface area contributed by atoms with E-state index in [1.54, 1.807) is 16.5 Å². The lowest BCUT2D eigenvalue weighted by Crippen LogP contribution is -2.55. The number of aromatic nitrogens is 3. The highest BCUT2D eigenvalue weighted by Gasteiger charge is 2.48. The lowest BCUT2D eigenvalue weighted by atomic mass is 9.89. The lowest BCUT2D eigenvalue weighted by Gasteiger charge is -2.36. The number of hydrogen-bond acceptors (Lipinski definition) is 6. The van der Waals surface area contributed by atoms with Crippen molar-refractivity contribution in [3.63, 3.8) is 0 Å². The van der Waals surface area contributed by atoms with Gasteiger partial charge in [0.25, 0.3) is 5.91 Å². The molecule has 0 radical (unpaired) electrons. The molecule has 2 amide bonds. The van der Waals surface area contributed by atoms with Gasteiger partial charge in [-0.2, -0.15) is 5.10 Å². The Hall–Kier alpha value is -3.17. The van der Waals surface area contributed by atoms with E-state index >= 15 is 0 Å². The minimum absolute atomic E-state index is 0. The van der Waals surface area contributed by atoms with Gasteiger partial charge in [0.1, 0.15) is 11.4 Å². The van der Waals surface area contributed by atoms with E-state index in [4.69, 9.17) is 15.8 Å². The van der Waals surface area contributed by atoms with Crippen molar-refractivity contribution >= 4 is 35.7 Å². The minimum Gasteiger partial charge on any atom is -0.355 e. The van der Waals surface area contributed by atoms with Crippen LogP contribution in [0.3, 0.4) is 0 Å². The molecule has 1 unspecified atom stereocenters. The predicted molar refractivity (Wildman–Crippen MR) is 141 cm³/mol. The molecular formula is C26H34ClN7O2. The van der Waals surface area contributed by atoms with Crippen LogP contribution in [0.2, 0.25) is 0 Å². The molecule has 1 fully saturated rings. The van der Waals surface area contributed by atoms with Gasteiger partial charge < -0.3 is 20.9 Å². The van der Waals surface area contributed by atoms with Gasteiger partial charge in [0.2, 0.25) is 5.91 Å². The molecule has 0 saturated carbocycles. The molecule has 9 nitrogen and oxygen atoms in total. The van der Waals surface area contributed by atoms with Crippen LogP contribution in [0.5, 0.6) is 0 Å². The normalized spacial score (nSPS) is 21.7. The number of amides is 2. The molecule has 0 spiro atoms. The highest BCUT2D eigenvalue weighted by molar-refractivity contribution is 5.93. The molecule has 10 heteroatoms. The minimum atomic E-state index is -1.07. The molecule has 1 aromatic carbocycles. The largest absolute Gasteiger partial charge is 0.355 e. The van der Waals surface area contributed by atoms with Gasteiger partial charge in [0.15, 0.2) is 5.65 Å². The van der Waals surface area contributed by atoms with Crippen LogP contribution in [0.4, 0.5) is 5.82 Å². The van der Waals surface area contributed by atoms with Gasteiger partial charge in [-0.3, -0.25) is 9.59 Å². The first-order chi connectivity index (χ1) is 16.7. The third-order valence-corrected chi connectivity index (χ3v) is 7.48. The fourth-order valence-electron chi connectivity index (χ4n) is 5.52. The molecule has 5 rings (SSSR count). The number of fused-ring (bicyclic) bond motifs is 2. The van der Waals surface area contributed by atoms with Crippen molar-refractivity contribution in [1.82, 2.24) is 24.8 Å². The molecule has 192 valence electrons. The summed E-state index contributed by atoms with van der Waals surface area (Å²) in [6, 6.07) is 9.64. The summed E-state index contributed by atoms with van der Waals surface area (Å²) in [5.41, 5.74) is 9.51. The van der Waals surface area contributed by atoms with Crippen molar-refractivity contribution in [2.45, 2.75) is 57.7 Å². The number of likely N-dealkylation sites (N-methyl/N-ethyl adjacent to an activating group) is 1. The molecule has 2 aromatic heterocycles. The van der Waals surface area contributed by atoms with Gasteiger partial charge >= 0.3 is 0 Å². The molecule has 0 bridgehead atoms. The standard InChI is InChI=1S/C26H33N7O2.ClH/c1-16-14-33-23(28-24(16)32-12-10-20(27)15-32)13-22(30-33)17(2)31(4)25(35)26(29-18(3)34)11-9-19-7-5-6-8-21(19)26;/h5-8,13-14,17,20H,9-12,15,27H2,1-4H3,(H,29,34);1H/t17-,20-,26?;/m0./s1. The van der Waals surface area contributed by atoms with Crippen molar-refractivity contribution in [3.8, 4) is 0 Å². The number of nitrogens with zero attached hydrogens (tertiary/aromatic N) is 5. The summed E-state index contributed by atoms with van der Waals surface area (Å²) < 4.78 is 1.77. The van der Waals surface area contributed by atoms with E-state index in [0.29, 0.717) is 6.42 Å². The molecule has 1 aliphatic carbocycles. The Morgan fingerprint density at radius 3 is 2.75 bits per heavy atom. The van der Waals surface area contributed by atoms with Crippen LogP contribution < -0.4 is 16.0 Å². The highest BCUT2D eigenvalue weighted by Crippen LogP contribution is 2.39. The molecule has 2 aliphatic rings. The first kappa shape index (κ1) is 25.9. The van der Waals surface area contributed by atoms with Crippen molar-refractivity contribution in [2.24, 2.45) is 5.73 Å². The molecule has 3 heterocycles. The smallest absolute Gasteiger partial charge is 0.253 e. The van der Waals surface area contributed by atoms with Crippen LogP contribution >= 0.6 is 12.4 Å². The Morgan fingerprint density at radius 2 is 2.06 bits per heavy atom. The monoisotopic (exact) mass is 511 g/mol. The molecule has 3 aromatic rings. The number of halogens is 1. The molecule has 1 aliphatic heterocycles. The third-order valence-electron chi connectivity index (χ3n) is 7.48. The van der Waals surface area contributed by atoms with Crippen LogP contribution in [-0.4, -0.2) is 57.5 Å². The first-order valence-electron chi connectivity index (χ1n) is 12.2. The zero-order valence-electron chi connectivity index (χ0n) is 21.2. The van der Waals surface area contributed by atoms with Crippen LogP contribution in [0, 0.1) is 6.92 Å². The van der Waals surface area contributed by atoms with Gasteiger partial charge in [0.05, 0.1) is 11.7 Å². The zero-order chi connectivity index (χ0) is 24.9. The van der Waals surface area contributed by atoms with E-state index in [-0.39, 0.29) is 36.3 Å². The van der Waals surface area contributed by atoms with Crippen LogP contribution in [-0.2, 0) is 21.5 Å². The number of nitrogens with one attached hydrogen (secondary N) is 1. The number of carbonyl (C=O) groups excluding carboxylic acids is 2. The third kappa shape index (κ3) is 4.30. The van der Waals surface area contributed by atoms with Crippen LogP contribution in [0.25, 0.3) is 5.65 Å². The van der Waals surface area contributed by atoms with Crippen LogP contribution in [0.1, 0.15) is 55.1 Å². The number of aryl methyl sites for hydroxylation is 2. The van der Waals surface area contributed by atoms with Gasteiger partial charge in [-0.25, -0.2) is 9.50 Å². The average molecular weight is 512 g/mol. The fourth-order valence-corrected chi connectivity index (χ4v) is 5.52. The second-order valence-corrected chi connectivity index (χ2v) is 9.95. The Kier molecular flexibility index (Phi) is 6.99. The number of rotatable bonds is 5. The summed E-state index contributed by atoms with van der Waals surface area (Å²) >= 11 is 0. The maximum Gasteiger partial charge on any atom is 0.253 e. The van der Waals surface area contributed by atoms with Gasteiger partial charge in [-0.1, -0.05) is 24.3 Å². The average Bonchev–Trinajstić information content (AvgIpc) is 3.54. The molecule has 3 N–H and O–H groups in total. The number of nitrogens with two attached hydrogens (primary N) is 1. The van der Waals surface area contributed by atoms with E-state index in [0.717, 1.165) is 59.8 Å². The summed E-state index contributed by atoms with van der Waals surface area (Å²) in [4.78, 5) is 34.9. The topological polar surface area (TPSA) is 109 Å². The number of carbonyl (C=O) groups is 2. The molecule has 3 atom stereocenters. The van der Waals surface area contributed by atoms with Gasteiger partial charge in [-0.15, -0.1) is 12.4 Å². The Bertz CT molecular complexity index is 1310. The van der Waals surface area contributed by atoms with Crippen LogP contribution in [0.15, 0.2) is 36.5 Å². The van der Waals surface area contributed by atoms with Crippen molar-refractivity contribution in [2.75, 3.05) is 25.0 Å². The van der Waals surface area contributed by atoms with E-state index in [2.05, 4.69) is 10.2 Å². The van der Waals surface area contributed by atoms with E-state index in [9.17, 15) is 9.59 Å². The van der Waals surface area contributed by atoms with E-state index < -0.39 is 5.54 Å².